The van der Waals surface area contributed by atoms with Gasteiger partial charge in [0.2, 0.25) is 0 Å². The lowest BCUT2D eigenvalue weighted by molar-refractivity contribution is -0.137. The number of hydrogen-bond acceptors (Lipinski definition) is 4. The first kappa shape index (κ1) is 13.0. The zero-order valence-electron chi connectivity index (χ0n) is 9.74. The third kappa shape index (κ3) is 5.14. The van der Waals surface area contributed by atoms with Gasteiger partial charge in [-0.2, -0.15) is 0 Å². The molecule has 0 amide bonds. The Hall–Kier alpha value is -1.06. The molecule has 1 rings (SSSR count). The largest absolute Gasteiger partial charge is 0.516 e. The number of unbranched alkanes of at least 4 members (excludes halogenated alkanes) is 1. The molecule has 0 saturated heterocycles. The molecule has 91 valence electrons. The molecule has 0 aromatic heterocycles. The number of carbonyl (C=O) groups excluding carboxylic acids is 2. The second-order valence-electron chi connectivity index (χ2n) is 4.04. The van der Waals surface area contributed by atoms with Gasteiger partial charge in [0.1, 0.15) is 6.10 Å². The highest BCUT2D eigenvalue weighted by Gasteiger charge is 2.20. The van der Waals surface area contributed by atoms with Crippen LogP contribution in [0.1, 0.15) is 51.9 Å². The second-order valence-corrected chi connectivity index (χ2v) is 4.04. The lowest BCUT2D eigenvalue weighted by Gasteiger charge is -2.20. The first-order chi connectivity index (χ1) is 7.72. The Morgan fingerprint density at radius 2 is 1.94 bits per heavy atom. The van der Waals surface area contributed by atoms with E-state index in [0.29, 0.717) is 6.42 Å². The smallest absolute Gasteiger partial charge is 0.431 e. The maximum absolute atomic E-state index is 11.2. The lowest BCUT2D eigenvalue weighted by atomic mass is 9.98. The Kier molecular flexibility index (Phi) is 5.90. The molecular formula is C12H19O4. The van der Waals surface area contributed by atoms with Crippen LogP contribution in [-0.2, 0) is 14.3 Å². The van der Waals surface area contributed by atoms with E-state index in [9.17, 15) is 9.59 Å². The van der Waals surface area contributed by atoms with Gasteiger partial charge >= 0.3 is 12.1 Å². The quantitative estimate of drug-likeness (QED) is 0.547. The van der Waals surface area contributed by atoms with Crippen LogP contribution < -0.4 is 0 Å². The van der Waals surface area contributed by atoms with Gasteiger partial charge in [0, 0.05) is 0 Å². The summed E-state index contributed by atoms with van der Waals surface area (Å²) in [6.07, 6.45) is 7.01. The molecule has 16 heavy (non-hydrogen) atoms. The molecule has 0 aromatic rings. The van der Waals surface area contributed by atoms with Gasteiger partial charge in [-0.1, -0.05) is 19.8 Å². The summed E-state index contributed by atoms with van der Waals surface area (Å²) in [5, 5.41) is 0. The fourth-order valence-electron chi connectivity index (χ4n) is 1.73. The van der Waals surface area contributed by atoms with Crippen LogP contribution in [-0.4, -0.2) is 18.2 Å². The van der Waals surface area contributed by atoms with E-state index in [1.165, 1.54) is 12.8 Å². The van der Waals surface area contributed by atoms with Gasteiger partial charge in [-0.15, -0.1) is 0 Å². The minimum atomic E-state index is -0.857. The summed E-state index contributed by atoms with van der Waals surface area (Å²) >= 11 is 0. The number of ether oxygens (including phenoxy) is 2. The van der Waals surface area contributed by atoms with Crippen molar-refractivity contribution in [1.29, 1.82) is 0 Å². The molecule has 1 saturated carbocycles. The molecule has 0 spiro atoms. The number of rotatable bonds is 4. The van der Waals surface area contributed by atoms with E-state index in [4.69, 9.17) is 4.74 Å². The number of carbonyl (C=O) groups is 2. The third-order valence-electron chi connectivity index (χ3n) is 2.60. The van der Waals surface area contributed by atoms with Crippen LogP contribution in [0.4, 0.5) is 4.79 Å². The molecular weight excluding hydrogens is 208 g/mol. The molecule has 1 fully saturated rings. The van der Waals surface area contributed by atoms with Crippen LogP contribution in [0.2, 0.25) is 0 Å². The molecule has 0 atom stereocenters. The summed E-state index contributed by atoms with van der Waals surface area (Å²) in [5.74, 6) is -0.609. The third-order valence-corrected chi connectivity index (χ3v) is 2.60. The Labute approximate surface area is 96.3 Å². The van der Waals surface area contributed by atoms with Crippen molar-refractivity contribution in [3.8, 4) is 0 Å². The van der Waals surface area contributed by atoms with Gasteiger partial charge in [-0.3, -0.25) is 4.79 Å². The van der Waals surface area contributed by atoms with Crippen LogP contribution in [0, 0.1) is 6.42 Å². The average Bonchev–Trinajstić information content (AvgIpc) is 2.27. The van der Waals surface area contributed by atoms with E-state index in [-0.39, 0.29) is 6.10 Å². The molecule has 0 unspecified atom stereocenters. The molecule has 0 N–H and O–H groups in total. The molecule has 1 aliphatic carbocycles. The fourth-order valence-corrected chi connectivity index (χ4v) is 1.73. The van der Waals surface area contributed by atoms with Crippen molar-refractivity contribution in [1.82, 2.24) is 0 Å². The lowest BCUT2D eigenvalue weighted by Crippen LogP contribution is -2.23. The SMILES string of the molecule is CCC[CH]C(=O)OC(=O)OC1CCCCC1. The van der Waals surface area contributed by atoms with Gasteiger partial charge in [0.05, 0.1) is 6.42 Å². The normalized spacial score (nSPS) is 16.8. The Bertz CT molecular complexity index is 231. The highest BCUT2D eigenvalue weighted by atomic mass is 16.7. The van der Waals surface area contributed by atoms with E-state index in [1.807, 2.05) is 6.92 Å². The van der Waals surface area contributed by atoms with Crippen molar-refractivity contribution in [2.24, 2.45) is 0 Å². The first-order valence-corrected chi connectivity index (χ1v) is 5.98. The molecule has 0 aliphatic heterocycles. The zero-order chi connectivity index (χ0) is 11.8. The zero-order valence-corrected chi connectivity index (χ0v) is 9.74. The number of hydrogen-bond donors (Lipinski definition) is 0. The standard InChI is InChI=1S/C12H19O4/c1-2-3-9-11(13)16-12(14)15-10-7-5-4-6-8-10/h9-10H,2-8H2,1H3. The van der Waals surface area contributed by atoms with E-state index in [0.717, 1.165) is 32.1 Å². The van der Waals surface area contributed by atoms with Gasteiger partial charge in [0.15, 0.2) is 0 Å². The van der Waals surface area contributed by atoms with Crippen LogP contribution in [0.3, 0.4) is 0 Å². The van der Waals surface area contributed by atoms with Gasteiger partial charge < -0.3 is 9.47 Å². The molecule has 4 heteroatoms. The molecule has 0 aromatic carbocycles. The molecule has 0 bridgehead atoms. The first-order valence-electron chi connectivity index (χ1n) is 5.98. The maximum atomic E-state index is 11.2. The average molecular weight is 227 g/mol. The van der Waals surface area contributed by atoms with Crippen molar-refractivity contribution < 1.29 is 19.1 Å². The summed E-state index contributed by atoms with van der Waals surface area (Å²) in [6.45, 7) is 1.95. The van der Waals surface area contributed by atoms with Crippen molar-refractivity contribution in [2.75, 3.05) is 0 Å². The Morgan fingerprint density at radius 1 is 1.25 bits per heavy atom. The van der Waals surface area contributed by atoms with Crippen molar-refractivity contribution in [3.05, 3.63) is 6.42 Å². The molecule has 4 nitrogen and oxygen atoms in total. The Morgan fingerprint density at radius 3 is 2.56 bits per heavy atom. The minimum absolute atomic E-state index is 0.0692. The van der Waals surface area contributed by atoms with Gasteiger partial charge in [-0.25, -0.2) is 4.79 Å². The summed E-state index contributed by atoms with van der Waals surface area (Å²) in [5.41, 5.74) is 0. The van der Waals surface area contributed by atoms with Crippen molar-refractivity contribution >= 4 is 12.1 Å². The summed E-state index contributed by atoms with van der Waals surface area (Å²) in [4.78, 5) is 22.3. The van der Waals surface area contributed by atoms with Gasteiger partial charge in [-0.05, 0) is 32.1 Å². The predicted molar refractivity (Wildman–Crippen MR) is 58.7 cm³/mol. The Balaban J connectivity index is 2.16. The molecule has 1 aliphatic rings. The summed E-state index contributed by atoms with van der Waals surface area (Å²) < 4.78 is 9.54. The van der Waals surface area contributed by atoms with E-state index in [2.05, 4.69) is 4.74 Å². The number of esters is 1. The monoisotopic (exact) mass is 227 g/mol. The topological polar surface area (TPSA) is 52.6 Å². The van der Waals surface area contributed by atoms with Crippen molar-refractivity contribution in [2.45, 2.75) is 58.0 Å². The predicted octanol–water partition coefficient (Wildman–Crippen LogP) is 3.00. The summed E-state index contributed by atoms with van der Waals surface area (Å²) in [6, 6.07) is 0. The van der Waals surface area contributed by atoms with E-state index >= 15 is 0 Å². The van der Waals surface area contributed by atoms with Crippen LogP contribution >= 0.6 is 0 Å². The van der Waals surface area contributed by atoms with Crippen LogP contribution in [0.15, 0.2) is 0 Å². The summed E-state index contributed by atoms with van der Waals surface area (Å²) in [7, 11) is 0. The maximum Gasteiger partial charge on any atom is 0.516 e. The van der Waals surface area contributed by atoms with Crippen molar-refractivity contribution in [3.63, 3.8) is 0 Å². The second kappa shape index (κ2) is 7.25. The highest BCUT2D eigenvalue weighted by molar-refractivity contribution is 5.87. The van der Waals surface area contributed by atoms with Crippen LogP contribution in [0.5, 0.6) is 0 Å². The fraction of sp³-hybridized carbons (Fsp3) is 0.750. The van der Waals surface area contributed by atoms with Crippen LogP contribution in [0.25, 0.3) is 0 Å². The van der Waals surface area contributed by atoms with Gasteiger partial charge in [0.25, 0.3) is 0 Å². The highest BCUT2D eigenvalue weighted by Crippen LogP contribution is 2.20. The van der Waals surface area contributed by atoms with E-state index < -0.39 is 12.1 Å². The minimum Gasteiger partial charge on any atom is -0.431 e. The molecule has 0 heterocycles. The van der Waals surface area contributed by atoms with E-state index in [1.54, 1.807) is 0 Å². The molecule has 1 radical (unpaired) electrons.